The van der Waals surface area contributed by atoms with Gasteiger partial charge in [0.1, 0.15) is 0 Å². The number of fused-ring (bicyclic) bond motifs is 1. The molecule has 0 aromatic heterocycles. The van der Waals surface area contributed by atoms with E-state index in [1.807, 2.05) is 12.1 Å². The Balaban J connectivity index is 1.24. The molecule has 1 unspecified atom stereocenters. The summed E-state index contributed by atoms with van der Waals surface area (Å²) in [7, 11) is -2.29. The molecular weight excluding hydrogens is 512 g/mol. The molecule has 8 nitrogen and oxygen atoms in total. The molecule has 3 aliphatic heterocycles. The Labute approximate surface area is 229 Å². The molecule has 3 N–H and O–H groups in total. The molecule has 0 bridgehead atoms. The minimum atomic E-state index is -3.64. The molecular formula is C30H34N4O4S. The van der Waals surface area contributed by atoms with Gasteiger partial charge in [-0.3, -0.25) is 4.79 Å². The maximum absolute atomic E-state index is 13.8. The van der Waals surface area contributed by atoms with Crippen LogP contribution in [-0.4, -0.2) is 52.7 Å². The Bertz CT molecular complexity index is 1480. The summed E-state index contributed by atoms with van der Waals surface area (Å²) in [6, 6.07) is 21.4. The van der Waals surface area contributed by atoms with Crippen LogP contribution < -0.4 is 19.8 Å². The summed E-state index contributed by atoms with van der Waals surface area (Å²) in [6.45, 7) is 4.68. The van der Waals surface area contributed by atoms with Crippen LogP contribution in [0.2, 0.25) is 0 Å². The highest BCUT2D eigenvalue weighted by Crippen LogP contribution is 2.45. The number of carbonyl (C=O) groups is 1. The molecule has 0 radical (unpaired) electrons. The Morgan fingerprint density at radius 1 is 0.949 bits per heavy atom. The van der Waals surface area contributed by atoms with Gasteiger partial charge in [0, 0.05) is 24.3 Å². The van der Waals surface area contributed by atoms with Crippen LogP contribution in [0.15, 0.2) is 77.7 Å². The van der Waals surface area contributed by atoms with Gasteiger partial charge in [0.05, 0.1) is 17.1 Å². The predicted molar refractivity (Wildman–Crippen MR) is 151 cm³/mol. The normalized spacial score (nSPS) is 22.5. The Morgan fingerprint density at radius 3 is 2.33 bits per heavy atom. The maximum Gasteiger partial charge on any atom is 0.268 e. The lowest BCUT2D eigenvalue weighted by molar-refractivity contribution is -0.132. The van der Waals surface area contributed by atoms with Gasteiger partial charge in [0.25, 0.3) is 5.91 Å². The molecule has 3 aliphatic rings. The summed E-state index contributed by atoms with van der Waals surface area (Å²) in [5, 5.41) is 15.3. The van der Waals surface area contributed by atoms with Crippen molar-refractivity contribution in [3.05, 3.63) is 89.5 Å². The summed E-state index contributed by atoms with van der Waals surface area (Å²) >= 11 is 0. The second kappa shape index (κ2) is 9.75. The maximum atomic E-state index is 13.8. The summed E-state index contributed by atoms with van der Waals surface area (Å²) < 4.78 is 26.6. The number of benzene rings is 3. The van der Waals surface area contributed by atoms with E-state index in [-0.39, 0.29) is 4.90 Å². The summed E-state index contributed by atoms with van der Waals surface area (Å²) in [6.07, 6.45) is 3.69. The quantitative estimate of drug-likeness (QED) is 0.440. The van der Waals surface area contributed by atoms with E-state index in [4.69, 9.17) is 0 Å². The number of piperidine rings is 1. The number of amides is 1. The molecule has 0 aliphatic carbocycles. The third-order valence-corrected chi connectivity index (χ3v) is 10.2. The van der Waals surface area contributed by atoms with Crippen molar-refractivity contribution >= 4 is 27.3 Å². The number of aliphatic hydroxyl groups is 1. The zero-order valence-electron chi connectivity index (χ0n) is 22.1. The average Bonchev–Trinajstić information content (AvgIpc) is 3.47. The van der Waals surface area contributed by atoms with Crippen LogP contribution >= 0.6 is 0 Å². The second-order valence-electron chi connectivity index (χ2n) is 10.9. The topological polar surface area (TPSA) is 102 Å². The van der Waals surface area contributed by atoms with E-state index in [0.29, 0.717) is 28.8 Å². The highest BCUT2D eigenvalue weighted by Gasteiger charge is 2.51. The van der Waals surface area contributed by atoms with E-state index in [1.54, 1.807) is 17.0 Å². The molecule has 6 rings (SSSR count). The first-order valence-electron chi connectivity index (χ1n) is 13.5. The van der Waals surface area contributed by atoms with E-state index in [2.05, 4.69) is 39.2 Å². The van der Waals surface area contributed by atoms with Gasteiger partial charge >= 0.3 is 0 Å². The fourth-order valence-corrected chi connectivity index (χ4v) is 7.11. The van der Waals surface area contributed by atoms with Crippen molar-refractivity contribution in [3.63, 3.8) is 0 Å². The zero-order valence-corrected chi connectivity index (χ0v) is 22.9. The van der Waals surface area contributed by atoms with Gasteiger partial charge in [0.2, 0.25) is 10.0 Å². The lowest BCUT2D eigenvalue weighted by Crippen LogP contribution is -2.41. The zero-order chi connectivity index (χ0) is 27.3. The molecule has 39 heavy (non-hydrogen) atoms. The third kappa shape index (κ3) is 4.43. The lowest BCUT2D eigenvalue weighted by Gasteiger charge is -2.34. The van der Waals surface area contributed by atoms with Gasteiger partial charge in [-0.25, -0.2) is 13.1 Å². The number of para-hydroxylation sites is 1. The summed E-state index contributed by atoms with van der Waals surface area (Å²) in [4.78, 5) is 18.0. The molecule has 204 valence electrons. The summed E-state index contributed by atoms with van der Waals surface area (Å²) in [5.41, 5.74) is 2.15. The van der Waals surface area contributed by atoms with E-state index >= 15 is 0 Å². The number of nitrogens with zero attached hydrogens (tertiary/aromatic N) is 2. The monoisotopic (exact) mass is 546 g/mol. The molecule has 1 atom stereocenters. The molecule has 2 saturated heterocycles. The smallest absolute Gasteiger partial charge is 0.268 e. The van der Waals surface area contributed by atoms with Crippen molar-refractivity contribution in [2.75, 3.05) is 43.0 Å². The molecule has 2 fully saturated rings. The second-order valence-corrected chi connectivity index (χ2v) is 12.8. The van der Waals surface area contributed by atoms with E-state index in [9.17, 15) is 18.3 Å². The van der Waals surface area contributed by atoms with Gasteiger partial charge in [-0.2, -0.15) is 0 Å². The van der Waals surface area contributed by atoms with Crippen LogP contribution in [0.4, 0.5) is 11.4 Å². The fourth-order valence-electron chi connectivity index (χ4n) is 6.38. The first kappa shape index (κ1) is 26.0. The minimum Gasteiger partial charge on any atom is -0.372 e. The van der Waals surface area contributed by atoms with Crippen molar-refractivity contribution in [2.45, 2.75) is 36.3 Å². The highest BCUT2D eigenvalue weighted by atomic mass is 32.2. The van der Waals surface area contributed by atoms with Crippen LogP contribution in [0.25, 0.3) is 0 Å². The number of hydrogen-bond donors (Lipinski definition) is 3. The third-order valence-electron chi connectivity index (χ3n) is 8.74. The van der Waals surface area contributed by atoms with Gasteiger partial charge in [-0.1, -0.05) is 42.5 Å². The average molecular weight is 547 g/mol. The van der Waals surface area contributed by atoms with Crippen molar-refractivity contribution in [2.24, 2.45) is 5.41 Å². The number of anilines is 2. The minimum absolute atomic E-state index is 0.0668. The Hall–Kier alpha value is -3.24. The van der Waals surface area contributed by atoms with Crippen molar-refractivity contribution < 1.29 is 18.3 Å². The van der Waals surface area contributed by atoms with Crippen molar-refractivity contribution in [3.8, 4) is 0 Å². The number of rotatable bonds is 6. The van der Waals surface area contributed by atoms with Crippen LogP contribution in [-0.2, 0) is 27.0 Å². The first-order valence-corrected chi connectivity index (χ1v) is 15.0. The molecule has 3 heterocycles. The molecule has 9 heteroatoms. The Morgan fingerprint density at radius 2 is 1.64 bits per heavy atom. The largest absolute Gasteiger partial charge is 0.372 e. The van der Waals surface area contributed by atoms with Crippen molar-refractivity contribution in [1.82, 2.24) is 10.0 Å². The van der Waals surface area contributed by atoms with Crippen LogP contribution in [0.3, 0.4) is 0 Å². The first-order chi connectivity index (χ1) is 18.8. The van der Waals surface area contributed by atoms with Gasteiger partial charge in [-0.15, -0.1) is 0 Å². The van der Waals surface area contributed by atoms with E-state index in [0.717, 1.165) is 31.7 Å². The van der Waals surface area contributed by atoms with E-state index in [1.165, 1.54) is 56.3 Å². The molecule has 1 amide bonds. The number of carbonyl (C=O) groups excluding carboxylic acids is 1. The summed E-state index contributed by atoms with van der Waals surface area (Å²) in [5.74, 6) is -0.454. The van der Waals surface area contributed by atoms with Gasteiger partial charge < -0.3 is 20.2 Å². The van der Waals surface area contributed by atoms with Crippen LogP contribution in [0.1, 0.15) is 36.0 Å². The molecule has 1 spiro atoms. The lowest BCUT2D eigenvalue weighted by atomic mass is 9.78. The van der Waals surface area contributed by atoms with Gasteiger partial charge in [0.15, 0.2) is 5.60 Å². The van der Waals surface area contributed by atoms with Crippen LogP contribution in [0.5, 0.6) is 0 Å². The number of hydrogen-bond acceptors (Lipinski definition) is 6. The number of nitrogens with one attached hydrogen (secondary N) is 2. The fraction of sp³-hybridized carbons (Fsp3) is 0.367. The molecule has 3 aromatic carbocycles. The Kier molecular flexibility index (Phi) is 6.50. The molecule has 0 saturated carbocycles. The highest BCUT2D eigenvalue weighted by molar-refractivity contribution is 7.89. The molecule has 3 aromatic rings. The SMILES string of the molecule is CNS(=O)(=O)c1ccc(C2(O)C(=O)N(Cc3ccc(N4CCC5(CCNCC5)C4)cc3)c3ccccc32)cc1. The standard InChI is InChI=1S/C30H34N4O4S/c1-31-39(37,38)25-12-8-23(9-13-25)30(36)26-4-2-3-5-27(26)34(28(30)35)20-22-6-10-24(11-7-22)33-19-16-29(21-33)14-17-32-18-15-29/h2-13,31-32,36H,14-21H2,1H3. The van der Waals surface area contributed by atoms with Gasteiger partial charge in [-0.05, 0) is 86.3 Å². The van der Waals surface area contributed by atoms with Crippen molar-refractivity contribution in [1.29, 1.82) is 0 Å². The van der Waals surface area contributed by atoms with Crippen LogP contribution in [0, 0.1) is 5.41 Å². The number of sulfonamides is 1. The van der Waals surface area contributed by atoms with E-state index < -0.39 is 21.5 Å². The predicted octanol–water partition coefficient (Wildman–Crippen LogP) is 2.96.